The van der Waals surface area contributed by atoms with E-state index in [9.17, 15) is 0 Å². The van der Waals surface area contributed by atoms with E-state index in [2.05, 4.69) is 62.3 Å². The Kier molecular flexibility index (Phi) is 7.28. The van der Waals surface area contributed by atoms with E-state index in [1.807, 2.05) is 10.9 Å². The molecule has 0 aliphatic heterocycles. The Morgan fingerprint density at radius 2 is 2.10 bits per heavy atom. The minimum Gasteiger partial charge on any atom is -0.378 e. The fourth-order valence-corrected chi connectivity index (χ4v) is 1.63. The van der Waals surface area contributed by atoms with Gasteiger partial charge in [-0.1, -0.05) is 19.1 Å². The largest absolute Gasteiger partial charge is 0.378 e. The van der Waals surface area contributed by atoms with Crippen molar-refractivity contribution < 1.29 is 4.74 Å². The van der Waals surface area contributed by atoms with Gasteiger partial charge in [0.15, 0.2) is 0 Å². The van der Waals surface area contributed by atoms with Crippen LogP contribution in [0.4, 0.5) is 0 Å². The average Bonchev–Trinajstić information content (AvgIpc) is 2.82. The second kappa shape index (κ2) is 8.46. The maximum atomic E-state index is 5.74. The van der Waals surface area contributed by atoms with E-state index in [4.69, 9.17) is 4.74 Å². The van der Waals surface area contributed by atoms with Crippen LogP contribution in [-0.2, 0) is 17.8 Å². The number of rotatable bonds is 10. The molecule has 6 nitrogen and oxygen atoms in total. The molecule has 0 aliphatic carbocycles. The summed E-state index contributed by atoms with van der Waals surface area (Å²) in [5, 5.41) is 11.6. The van der Waals surface area contributed by atoms with E-state index in [0.29, 0.717) is 19.1 Å². The second-order valence-corrected chi connectivity index (χ2v) is 6.76. The predicted molar refractivity (Wildman–Crippen MR) is 85.2 cm³/mol. The second-order valence-electron chi connectivity index (χ2n) is 6.76. The number of ether oxygens (including phenoxy) is 1. The van der Waals surface area contributed by atoms with Crippen LogP contribution in [0.5, 0.6) is 0 Å². The van der Waals surface area contributed by atoms with E-state index in [-0.39, 0.29) is 5.54 Å². The third-order valence-corrected chi connectivity index (χ3v) is 3.58. The number of nitrogens with one attached hydrogen (secondary N) is 1. The van der Waals surface area contributed by atoms with Crippen molar-refractivity contribution in [3.63, 3.8) is 0 Å². The summed E-state index contributed by atoms with van der Waals surface area (Å²) in [5.74, 6) is 0.647. The normalized spacial score (nSPS) is 12.6. The molecule has 0 aliphatic rings. The first-order valence-electron chi connectivity index (χ1n) is 7.66. The summed E-state index contributed by atoms with van der Waals surface area (Å²) in [6.07, 6.45) is 1.98. The number of hydrogen-bond acceptors (Lipinski definition) is 5. The average molecular weight is 297 g/mol. The lowest BCUT2D eigenvalue weighted by molar-refractivity contribution is 0.0317. The highest BCUT2D eigenvalue weighted by atomic mass is 16.5. The van der Waals surface area contributed by atoms with Gasteiger partial charge in [-0.3, -0.25) is 0 Å². The van der Waals surface area contributed by atoms with Crippen molar-refractivity contribution in [1.82, 2.24) is 25.2 Å². The van der Waals surface area contributed by atoms with Gasteiger partial charge in [0.1, 0.15) is 0 Å². The van der Waals surface area contributed by atoms with Gasteiger partial charge in [0.25, 0.3) is 0 Å². The third-order valence-electron chi connectivity index (χ3n) is 3.58. The number of likely N-dealkylation sites (N-methyl/N-ethyl adjacent to an activating group) is 1. The van der Waals surface area contributed by atoms with Crippen molar-refractivity contribution >= 4 is 0 Å². The zero-order chi connectivity index (χ0) is 15.9. The van der Waals surface area contributed by atoms with Gasteiger partial charge >= 0.3 is 0 Å². The van der Waals surface area contributed by atoms with Crippen LogP contribution in [0, 0.1) is 5.92 Å². The van der Waals surface area contributed by atoms with Crippen molar-refractivity contribution in [1.29, 1.82) is 0 Å². The smallest absolute Gasteiger partial charge is 0.0964 e. The Morgan fingerprint density at radius 3 is 2.71 bits per heavy atom. The van der Waals surface area contributed by atoms with Crippen molar-refractivity contribution in [2.45, 2.75) is 46.3 Å². The summed E-state index contributed by atoms with van der Waals surface area (Å²) in [5.41, 5.74) is 1.03. The standard InChI is InChI=1S/C15H31N5O/c1-13(2)9-16-10-14-11-20(18-17-14)7-8-21-12-15(3,4)19(5)6/h11,13,16H,7-10,12H2,1-6H3. The molecule has 6 heteroatoms. The van der Waals surface area contributed by atoms with E-state index >= 15 is 0 Å². The summed E-state index contributed by atoms with van der Waals surface area (Å²) in [4.78, 5) is 2.17. The molecule has 0 amide bonds. The molecule has 0 radical (unpaired) electrons. The van der Waals surface area contributed by atoms with Gasteiger partial charge in [0, 0.05) is 18.3 Å². The molecule has 0 fully saturated rings. The molecule has 1 heterocycles. The molecule has 21 heavy (non-hydrogen) atoms. The summed E-state index contributed by atoms with van der Waals surface area (Å²) < 4.78 is 7.58. The molecule has 1 N–H and O–H groups in total. The zero-order valence-corrected chi connectivity index (χ0v) is 14.4. The summed E-state index contributed by atoms with van der Waals surface area (Å²) in [6.45, 7) is 12.6. The van der Waals surface area contributed by atoms with Crippen LogP contribution in [-0.4, -0.2) is 59.3 Å². The van der Waals surface area contributed by atoms with Crippen LogP contribution in [0.15, 0.2) is 6.20 Å². The Bertz CT molecular complexity index is 401. The number of aromatic nitrogens is 3. The zero-order valence-electron chi connectivity index (χ0n) is 14.4. The Morgan fingerprint density at radius 1 is 1.38 bits per heavy atom. The fourth-order valence-electron chi connectivity index (χ4n) is 1.63. The molecular weight excluding hydrogens is 266 g/mol. The highest BCUT2D eigenvalue weighted by molar-refractivity contribution is 4.91. The Balaban J connectivity index is 2.23. The minimum absolute atomic E-state index is 0.0499. The molecule has 1 aromatic rings. The van der Waals surface area contributed by atoms with Crippen molar-refractivity contribution in [3.8, 4) is 0 Å². The predicted octanol–water partition coefficient (Wildman–Crippen LogP) is 1.38. The molecule has 0 saturated heterocycles. The van der Waals surface area contributed by atoms with Gasteiger partial charge < -0.3 is 15.0 Å². The molecule has 0 aromatic carbocycles. The molecule has 1 aromatic heterocycles. The lowest BCUT2D eigenvalue weighted by Gasteiger charge is -2.32. The molecule has 1 rings (SSSR count). The van der Waals surface area contributed by atoms with Crippen LogP contribution in [0.3, 0.4) is 0 Å². The maximum absolute atomic E-state index is 5.74. The van der Waals surface area contributed by atoms with Crippen molar-refractivity contribution in [2.75, 3.05) is 33.9 Å². The lowest BCUT2D eigenvalue weighted by Crippen LogP contribution is -2.42. The Labute approximate surface area is 128 Å². The van der Waals surface area contributed by atoms with Crippen molar-refractivity contribution in [2.24, 2.45) is 5.92 Å². The molecular formula is C15H31N5O. The lowest BCUT2D eigenvalue weighted by atomic mass is 10.1. The van der Waals surface area contributed by atoms with Gasteiger partial charge in [0.05, 0.1) is 25.5 Å². The van der Waals surface area contributed by atoms with Crippen LogP contribution in [0.2, 0.25) is 0 Å². The van der Waals surface area contributed by atoms with E-state index < -0.39 is 0 Å². The molecule has 0 saturated carbocycles. The molecule has 0 atom stereocenters. The summed E-state index contributed by atoms with van der Waals surface area (Å²) in [7, 11) is 4.13. The van der Waals surface area contributed by atoms with Gasteiger partial charge in [0.2, 0.25) is 0 Å². The van der Waals surface area contributed by atoms with Crippen LogP contribution in [0.1, 0.15) is 33.4 Å². The van der Waals surface area contributed by atoms with Gasteiger partial charge in [-0.25, -0.2) is 4.68 Å². The van der Waals surface area contributed by atoms with E-state index in [1.165, 1.54) is 0 Å². The highest BCUT2D eigenvalue weighted by Crippen LogP contribution is 2.09. The van der Waals surface area contributed by atoms with Crippen LogP contribution >= 0.6 is 0 Å². The van der Waals surface area contributed by atoms with Gasteiger partial charge in [-0.05, 0) is 40.4 Å². The van der Waals surface area contributed by atoms with E-state index in [1.54, 1.807) is 0 Å². The van der Waals surface area contributed by atoms with Crippen LogP contribution in [0.25, 0.3) is 0 Å². The van der Waals surface area contributed by atoms with Gasteiger partial charge in [-0.2, -0.15) is 0 Å². The van der Waals surface area contributed by atoms with Crippen molar-refractivity contribution in [3.05, 3.63) is 11.9 Å². The molecule has 0 bridgehead atoms. The van der Waals surface area contributed by atoms with Crippen LogP contribution < -0.4 is 5.32 Å². The summed E-state index contributed by atoms with van der Waals surface area (Å²) >= 11 is 0. The number of hydrogen-bond donors (Lipinski definition) is 1. The van der Waals surface area contributed by atoms with E-state index in [0.717, 1.165) is 25.3 Å². The Hall–Kier alpha value is -0.980. The summed E-state index contributed by atoms with van der Waals surface area (Å²) in [6, 6.07) is 0. The maximum Gasteiger partial charge on any atom is 0.0964 e. The highest BCUT2D eigenvalue weighted by Gasteiger charge is 2.20. The first-order chi connectivity index (χ1) is 9.81. The van der Waals surface area contributed by atoms with Gasteiger partial charge in [-0.15, -0.1) is 5.10 Å². The molecule has 0 spiro atoms. The molecule has 0 unspecified atom stereocenters. The third kappa shape index (κ3) is 7.02. The first-order valence-corrected chi connectivity index (χ1v) is 7.66. The first kappa shape index (κ1) is 18.1. The fraction of sp³-hybridized carbons (Fsp3) is 0.867. The number of nitrogens with zero attached hydrogens (tertiary/aromatic N) is 4. The SMILES string of the molecule is CC(C)CNCc1cn(CCOCC(C)(C)N(C)C)nn1. The topological polar surface area (TPSA) is 55.2 Å². The minimum atomic E-state index is 0.0499. The molecule has 122 valence electrons. The monoisotopic (exact) mass is 297 g/mol. The quantitative estimate of drug-likeness (QED) is 0.661.